The van der Waals surface area contributed by atoms with E-state index < -0.39 is 0 Å². The number of benzene rings is 1. The van der Waals surface area contributed by atoms with Crippen molar-refractivity contribution >= 4 is 22.9 Å². The summed E-state index contributed by atoms with van der Waals surface area (Å²) in [4.78, 5) is 26.6. The first-order valence-electron chi connectivity index (χ1n) is 11.8. The van der Waals surface area contributed by atoms with Crippen LogP contribution in [-0.4, -0.2) is 70.5 Å². The summed E-state index contributed by atoms with van der Waals surface area (Å²) < 4.78 is 7.23. The summed E-state index contributed by atoms with van der Waals surface area (Å²) >= 11 is 0. The van der Waals surface area contributed by atoms with Crippen LogP contribution in [0.2, 0.25) is 0 Å². The Bertz CT molecular complexity index is 1150. The number of urea groups is 1. The van der Waals surface area contributed by atoms with Crippen molar-refractivity contribution in [1.29, 1.82) is 0 Å². The molecule has 1 saturated carbocycles. The van der Waals surface area contributed by atoms with E-state index in [4.69, 9.17) is 19.8 Å². The number of aromatic nitrogens is 4. The number of rotatable bonds is 5. The number of nitrogens with zero attached hydrogens (tertiary/aromatic N) is 6. The summed E-state index contributed by atoms with van der Waals surface area (Å²) in [6.45, 7) is 7.60. The molecule has 174 valence electrons. The van der Waals surface area contributed by atoms with Crippen molar-refractivity contribution in [3.05, 3.63) is 35.8 Å². The Morgan fingerprint density at radius 1 is 1.12 bits per heavy atom. The molecule has 0 bridgehead atoms. The van der Waals surface area contributed by atoms with E-state index in [0.717, 1.165) is 78.7 Å². The van der Waals surface area contributed by atoms with Crippen LogP contribution in [0.5, 0.6) is 5.75 Å². The number of aryl methyl sites for hydroxylation is 1. The Morgan fingerprint density at radius 2 is 1.91 bits per heavy atom. The lowest BCUT2D eigenvalue weighted by Gasteiger charge is -2.24. The molecule has 2 amide bonds. The maximum Gasteiger partial charge on any atom is 0.317 e. The lowest BCUT2D eigenvalue weighted by Crippen LogP contribution is -2.42. The van der Waals surface area contributed by atoms with Gasteiger partial charge in [0, 0.05) is 38.6 Å². The highest BCUT2D eigenvalue weighted by atomic mass is 16.5. The van der Waals surface area contributed by atoms with Crippen LogP contribution in [0.25, 0.3) is 16.7 Å². The van der Waals surface area contributed by atoms with Crippen LogP contribution in [0.4, 0.5) is 10.6 Å². The van der Waals surface area contributed by atoms with Crippen LogP contribution in [0.15, 0.2) is 24.3 Å². The van der Waals surface area contributed by atoms with Gasteiger partial charge in [0.1, 0.15) is 17.4 Å². The number of carbonyl (C=O) groups excluding carboxylic acids is 1. The van der Waals surface area contributed by atoms with Gasteiger partial charge in [-0.05, 0) is 57.4 Å². The third-order valence-electron chi connectivity index (χ3n) is 6.37. The number of fused-ring (bicyclic) bond motifs is 1. The van der Waals surface area contributed by atoms with E-state index in [1.165, 1.54) is 0 Å². The second-order valence-corrected chi connectivity index (χ2v) is 8.74. The van der Waals surface area contributed by atoms with Gasteiger partial charge < -0.3 is 19.9 Å². The molecule has 1 N–H and O–H groups in total. The standard InChI is InChI=1S/C24H31N7O2/c1-4-25-24(32)30-13-5-12-29(14-15-30)22-20-16(2)28-31(18-8-10-19(33-3)11-9-18)23(20)27-21(26-22)17-6-7-17/h8-11,17H,4-7,12-15H2,1-3H3,(H,25,32). The Balaban J connectivity index is 1.54. The zero-order chi connectivity index (χ0) is 22.9. The van der Waals surface area contributed by atoms with Gasteiger partial charge in [0.25, 0.3) is 0 Å². The van der Waals surface area contributed by atoms with Crippen LogP contribution >= 0.6 is 0 Å². The van der Waals surface area contributed by atoms with E-state index in [2.05, 4.69) is 10.2 Å². The molecule has 5 rings (SSSR count). The summed E-state index contributed by atoms with van der Waals surface area (Å²) in [6.07, 6.45) is 3.16. The summed E-state index contributed by atoms with van der Waals surface area (Å²) in [5, 5.41) is 8.76. The minimum absolute atomic E-state index is 0.00867. The van der Waals surface area contributed by atoms with Crippen molar-refractivity contribution < 1.29 is 9.53 Å². The van der Waals surface area contributed by atoms with Crippen molar-refractivity contribution in [3.63, 3.8) is 0 Å². The van der Waals surface area contributed by atoms with E-state index in [1.54, 1.807) is 7.11 Å². The molecule has 1 saturated heterocycles. The molecule has 33 heavy (non-hydrogen) atoms. The maximum atomic E-state index is 12.4. The van der Waals surface area contributed by atoms with E-state index in [-0.39, 0.29) is 6.03 Å². The summed E-state index contributed by atoms with van der Waals surface area (Å²) in [7, 11) is 1.66. The minimum atomic E-state index is 0.00867. The molecule has 3 aromatic rings. The quantitative estimate of drug-likeness (QED) is 0.643. The van der Waals surface area contributed by atoms with Gasteiger partial charge in [0.2, 0.25) is 0 Å². The third kappa shape index (κ3) is 4.19. The van der Waals surface area contributed by atoms with Gasteiger partial charge in [0.05, 0.1) is 23.9 Å². The van der Waals surface area contributed by atoms with Gasteiger partial charge in [-0.3, -0.25) is 0 Å². The summed E-state index contributed by atoms with van der Waals surface area (Å²) in [6, 6.07) is 7.88. The lowest BCUT2D eigenvalue weighted by molar-refractivity contribution is 0.202. The van der Waals surface area contributed by atoms with Gasteiger partial charge >= 0.3 is 6.03 Å². The maximum absolute atomic E-state index is 12.4. The third-order valence-corrected chi connectivity index (χ3v) is 6.37. The molecule has 2 fully saturated rings. The molecule has 0 radical (unpaired) electrons. The number of hydrogen-bond donors (Lipinski definition) is 1. The molecule has 0 spiro atoms. The van der Waals surface area contributed by atoms with E-state index in [9.17, 15) is 4.79 Å². The smallest absolute Gasteiger partial charge is 0.317 e. The van der Waals surface area contributed by atoms with Crippen molar-refractivity contribution in [3.8, 4) is 11.4 Å². The fraction of sp³-hybridized carbons (Fsp3) is 0.500. The van der Waals surface area contributed by atoms with Crippen molar-refractivity contribution in [1.82, 2.24) is 30.0 Å². The van der Waals surface area contributed by atoms with Crippen LogP contribution in [0.3, 0.4) is 0 Å². The number of ether oxygens (including phenoxy) is 1. The summed E-state index contributed by atoms with van der Waals surface area (Å²) in [5.41, 5.74) is 2.69. The molecule has 1 aliphatic heterocycles. The van der Waals surface area contributed by atoms with Gasteiger partial charge in [-0.15, -0.1) is 0 Å². The first kappa shape index (κ1) is 21.5. The number of amides is 2. The van der Waals surface area contributed by atoms with Crippen LogP contribution in [0, 0.1) is 6.92 Å². The average Bonchev–Trinajstić information content (AvgIpc) is 3.65. The molecule has 2 aliphatic rings. The monoisotopic (exact) mass is 449 g/mol. The van der Waals surface area contributed by atoms with Gasteiger partial charge in [-0.25, -0.2) is 19.4 Å². The second kappa shape index (κ2) is 8.88. The average molecular weight is 450 g/mol. The predicted molar refractivity (Wildman–Crippen MR) is 127 cm³/mol. The fourth-order valence-electron chi connectivity index (χ4n) is 4.43. The van der Waals surface area contributed by atoms with Crippen molar-refractivity contribution in [2.24, 2.45) is 0 Å². The fourth-order valence-corrected chi connectivity index (χ4v) is 4.43. The SMILES string of the molecule is CCNC(=O)N1CCCN(c2nc(C3CC3)nc3c2c(C)nn3-c2ccc(OC)cc2)CC1. The largest absolute Gasteiger partial charge is 0.497 e. The van der Waals surface area contributed by atoms with Crippen LogP contribution < -0.4 is 15.0 Å². The van der Waals surface area contributed by atoms with Gasteiger partial charge in [-0.1, -0.05) is 0 Å². The molecule has 3 heterocycles. The number of carbonyl (C=O) groups is 1. The molecule has 2 aromatic heterocycles. The molecular weight excluding hydrogens is 418 g/mol. The lowest BCUT2D eigenvalue weighted by atomic mass is 10.2. The van der Waals surface area contributed by atoms with E-state index in [0.29, 0.717) is 19.0 Å². The first-order valence-corrected chi connectivity index (χ1v) is 11.8. The highest BCUT2D eigenvalue weighted by Gasteiger charge is 2.31. The number of nitrogens with one attached hydrogen (secondary N) is 1. The molecule has 1 aromatic carbocycles. The molecule has 9 heteroatoms. The number of anilines is 1. The number of methoxy groups -OCH3 is 1. The molecular formula is C24H31N7O2. The Morgan fingerprint density at radius 3 is 2.61 bits per heavy atom. The normalized spacial score (nSPS) is 16.7. The predicted octanol–water partition coefficient (Wildman–Crippen LogP) is 3.25. The van der Waals surface area contributed by atoms with Gasteiger partial charge in [0.15, 0.2) is 5.65 Å². The van der Waals surface area contributed by atoms with E-state index >= 15 is 0 Å². The van der Waals surface area contributed by atoms with Crippen molar-refractivity contribution in [2.75, 3.05) is 44.7 Å². The highest BCUT2D eigenvalue weighted by molar-refractivity contribution is 5.91. The van der Waals surface area contributed by atoms with Crippen LogP contribution in [0.1, 0.15) is 43.6 Å². The molecule has 9 nitrogen and oxygen atoms in total. The topological polar surface area (TPSA) is 88.4 Å². The second-order valence-electron chi connectivity index (χ2n) is 8.74. The molecule has 0 unspecified atom stereocenters. The summed E-state index contributed by atoms with van der Waals surface area (Å²) in [5.74, 6) is 3.07. The minimum Gasteiger partial charge on any atom is -0.497 e. The Kier molecular flexibility index (Phi) is 5.78. The Hall–Kier alpha value is -3.36. The zero-order valence-corrected chi connectivity index (χ0v) is 19.5. The molecule has 1 aliphatic carbocycles. The Labute approximate surface area is 193 Å². The van der Waals surface area contributed by atoms with Crippen LogP contribution in [-0.2, 0) is 0 Å². The zero-order valence-electron chi connectivity index (χ0n) is 19.5. The molecule has 0 atom stereocenters. The number of hydrogen-bond acceptors (Lipinski definition) is 6. The van der Waals surface area contributed by atoms with Crippen molar-refractivity contribution in [2.45, 2.75) is 39.0 Å². The first-order chi connectivity index (χ1) is 16.1. The van der Waals surface area contributed by atoms with Gasteiger partial charge in [-0.2, -0.15) is 5.10 Å². The highest BCUT2D eigenvalue weighted by Crippen LogP contribution is 2.40. The van der Waals surface area contributed by atoms with E-state index in [1.807, 2.05) is 47.7 Å².